The second kappa shape index (κ2) is 5.45. The normalized spacial score (nSPS) is 10.1. The average molecular weight is 244 g/mol. The van der Waals surface area contributed by atoms with Crippen molar-refractivity contribution in [3.05, 3.63) is 65.5 Å². The highest BCUT2D eigenvalue weighted by molar-refractivity contribution is 5.97. The van der Waals surface area contributed by atoms with Crippen LogP contribution < -0.4 is 4.74 Å². The Morgan fingerprint density at radius 3 is 2.56 bits per heavy atom. The fourth-order valence-corrected chi connectivity index (χ4v) is 1.59. The molecule has 2 aromatic carbocycles. The van der Waals surface area contributed by atoms with Gasteiger partial charge in [-0.3, -0.25) is 4.79 Å². The summed E-state index contributed by atoms with van der Waals surface area (Å²) >= 11 is 0. The molecular weight excluding hydrogens is 231 g/mol. The van der Waals surface area contributed by atoms with Gasteiger partial charge in [0.2, 0.25) is 5.78 Å². The molecule has 0 amide bonds. The fraction of sp³-hybridized carbons (Fsp3) is 0.133. The summed E-state index contributed by atoms with van der Waals surface area (Å²) in [6.07, 6.45) is 0. The Hall–Kier alpha value is -2.16. The first-order chi connectivity index (χ1) is 8.66. The van der Waals surface area contributed by atoms with E-state index < -0.39 is 5.82 Å². The Labute approximate surface area is 105 Å². The van der Waals surface area contributed by atoms with Crippen molar-refractivity contribution in [1.82, 2.24) is 0 Å². The summed E-state index contributed by atoms with van der Waals surface area (Å²) in [5, 5.41) is 0. The summed E-state index contributed by atoms with van der Waals surface area (Å²) in [6, 6.07) is 13.5. The van der Waals surface area contributed by atoms with Gasteiger partial charge in [0.15, 0.2) is 6.61 Å². The minimum absolute atomic E-state index is 0.0662. The number of para-hydroxylation sites is 1. The Kier molecular flexibility index (Phi) is 3.72. The number of aryl methyl sites for hydroxylation is 1. The van der Waals surface area contributed by atoms with Crippen LogP contribution in [0.25, 0.3) is 0 Å². The monoisotopic (exact) mass is 244 g/mol. The second-order valence-electron chi connectivity index (χ2n) is 4.01. The molecule has 0 saturated carbocycles. The number of carbonyl (C=O) groups excluding carboxylic acids is 1. The number of Topliss-reactive ketones (excluding diaryl/α,β-unsaturated/α-hetero) is 1. The maximum Gasteiger partial charge on any atom is 0.203 e. The number of hydrogen-bond acceptors (Lipinski definition) is 2. The summed E-state index contributed by atoms with van der Waals surface area (Å²) in [4.78, 5) is 11.8. The molecule has 0 atom stereocenters. The first kappa shape index (κ1) is 12.3. The van der Waals surface area contributed by atoms with Crippen LogP contribution in [-0.4, -0.2) is 12.4 Å². The molecule has 0 saturated heterocycles. The van der Waals surface area contributed by atoms with Gasteiger partial charge in [-0.1, -0.05) is 24.3 Å². The van der Waals surface area contributed by atoms with Gasteiger partial charge in [0.1, 0.15) is 11.6 Å². The standard InChI is InChI=1S/C15H13FO2/c1-11-7-8-13(14(16)9-11)15(17)10-18-12-5-3-2-4-6-12/h2-9H,10H2,1H3. The van der Waals surface area contributed by atoms with E-state index in [4.69, 9.17) is 4.74 Å². The van der Waals surface area contributed by atoms with Crippen LogP contribution in [0, 0.1) is 12.7 Å². The highest BCUT2D eigenvalue weighted by Crippen LogP contribution is 2.13. The lowest BCUT2D eigenvalue weighted by Crippen LogP contribution is -2.13. The molecule has 0 bridgehead atoms. The van der Waals surface area contributed by atoms with E-state index in [1.54, 1.807) is 25.1 Å². The Morgan fingerprint density at radius 2 is 1.89 bits per heavy atom. The summed E-state index contributed by atoms with van der Waals surface area (Å²) in [5.74, 6) is -0.272. The van der Waals surface area contributed by atoms with E-state index in [-0.39, 0.29) is 18.0 Å². The predicted molar refractivity (Wildman–Crippen MR) is 67.4 cm³/mol. The zero-order valence-corrected chi connectivity index (χ0v) is 10.0. The summed E-state index contributed by atoms with van der Waals surface area (Å²) in [6.45, 7) is 1.61. The van der Waals surface area contributed by atoms with Gasteiger partial charge in [-0.25, -0.2) is 4.39 Å². The molecule has 18 heavy (non-hydrogen) atoms. The van der Waals surface area contributed by atoms with Gasteiger partial charge < -0.3 is 4.74 Å². The van der Waals surface area contributed by atoms with E-state index in [0.717, 1.165) is 5.56 Å². The quantitative estimate of drug-likeness (QED) is 0.770. The number of carbonyl (C=O) groups is 1. The molecule has 0 unspecified atom stereocenters. The number of halogens is 1. The van der Waals surface area contributed by atoms with Crippen molar-refractivity contribution in [3.8, 4) is 5.75 Å². The van der Waals surface area contributed by atoms with Gasteiger partial charge in [-0.05, 0) is 36.8 Å². The molecule has 92 valence electrons. The largest absolute Gasteiger partial charge is 0.485 e. The SMILES string of the molecule is Cc1ccc(C(=O)COc2ccccc2)c(F)c1. The fourth-order valence-electron chi connectivity index (χ4n) is 1.59. The van der Waals surface area contributed by atoms with E-state index >= 15 is 0 Å². The summed E-state index contributed by atoms with van der Waals surface area (Å²) < 4.78 is 18.8. The van der Waals surface area contributed by atoms with Crippen molar-refractivity contribution in [2.24, 2.45) is 0 Å². The number of benzene rings is 2. The topological polar surface area (TPSA) is 26.3 Å². The number of rotatable bonds is 4. The van der Waals surface area contributed by atoms with Crippen LogP contribution >= 0.6 is 0 Å². The molecule has 0 heterocycles. The predicted octanol–water partition coefficient (Wildman–Crippen LogP) is 3.40. The van der Waals surface area contributed by atoms with Crippen LogP contribution in [0.1, 0.15) is 15.9 Å². The van der Waals surface area contributed by atoms with Crippen LogP contribution in [0.3, 0.4) is 0 Å². The zero-order chi connectivity index (χ0) is 13.0. The molecule has 2 rings (SSSR count). The molecule has 0 aromatic heterocycles. The maximum absolute atomic E-state index is 13.6. The summed E-state index contributed by atoms with van der Waals surface area (Å²) in [7, 11) is 0. The number of ether oxygens (including phenoxy) is 1. The first-order valence-corrected chi connectivity index (χ1v) is 5.64. The molecule has 0 spiro atoms. The van der Waals surface area contributed by atoms with Crippen LogP contribution in [0.15, 0.2) is 48.5 Å². The van der Waals surface area contributed by atoms with Gasteiger partial charge in [-0.15, -0.1) is 0 Å². The number of hydrogen-bond donors (Lipinski definition) is 0. The summed E-state index contributed by atoms with van der Waals surface area (Å²) in [5.41, 5.74) is 0.851. The van der Waals surface area contributed by atoms with Crippen molar-refractivity contribution >= 4 is 5.78 Å². The highest BCUT2D eigenvalue weighted by Gasteiger charge is 2.12. The van der Waals surface area contributed by atoms with E-state index in [1.165, 1.54) is 12.1 Å². The van der Waals surface area contributed by atoms with E-state index in [2.05, 4.69) is 0 Å². The smallest absolute Gasteiger partial charge is 0.203 e. The van der Waals surface area contributed by atoms with Gasteiger partial charge in [0, 0.05) is 0 Å². The molecule has 2 aromatic rings. The second-order valence-corrected chi connectivity index (χ2v) is 4.01. The molecule has 2 nitrogen and oxygen atoms in total. The van der Waals surface area contributed by atoms with Crippen molar-refractivity contribution in [1.29, 1.82) is 0 Å². The molecule has 0 N–H and O–H groups in total. The lowest BCUT2D eigenvalue weighted by atomic mass is 10.1. The van der Waals surface area contributed by atoms with Gasteiger partial charge in [0.05, 0.1) is 5.56 Å². The maximum atomic E-state index is 13.6. The minimum Gasteiger partial charge on any atom is -0.485 e. The van der Waals surface area contributed by atoms with E-state index in [9.17, 15) is 9.18 Å². The molecule has 0 radical (unpaired) electrons. The highest BCUT2D eigenvalue weighted by atomic mass is 19.1. The van der Waals surface area contributed by atoms with E-state index in [1.807, 2.05) is 18.2 Å². The van der Waals surface area contributed by atoms with Gasteiger partial charge >= 0.3 is 0 Å². The van der Waals surface area contributed by atoms with Crippen LogP contribution in [0.4, 0.5) is 4.39 Å². The van der Waals surface area contributed by atoms with Crippen molar-refractivity contribution in [3.63, 3.8) is 0 Å². The lowest BCUT2D eigenvalue weighted by molar-refractivity contribution is 0.0917. The van der Waals surface area contributed by atoms with Gasteiger partial charge in [0.25, 0.3) is 0 Å². The molecule has 0 aliphatic heterocycles. The van der Waals surface area contributed by atoms with Crippen molar-refractivity contribution in [2.75, 3.05) is 6.61 Å². The zero-order valence-electron chi connectivity index (χ0n) is 10.0. The third kappa shape index (κ3) is 2.94. The van der Waals surface area contributed by atoms with E-state index in [0.29, 0.717) is 5.75 Å². The molecule has 0 aliphatic carbocycles. The minimum atomic E-state index is -0.503. The Bertz CT molecular complexity index is 550. The third-order valence-electron chi connectivity index (χ3n) is 2.54. The van der Waals surface area contributed by atoms with Crippen LogP contribution in [0.5, 0.6) is 5.75 Å². The van der Waals surface area contributed by atoms with Crippen molar-refractivity contribution in [2.45, 2.75) is 6.92 Å². The first-order valence-electron chi connectivity index (χ1n) is 5.64. The molecule has 3 heteroatoms. The van der Waals surface area contributed by atoms with Crippen molar-refractivity contribution < 1.29 is 13.9 Å². The van der Waals surface area contributed by atoms with Crippen LogP contribution in [-0.2, 0) is 0 Å². The molecule has 0 fully saturated rings. The van der Waals surface area contributed by atoms with Crippen LogP contribution in [0.2, 0.25) is 0 Å². The Balaban J connectivity index is 2.04. The lowest BCUT2D eigenvalue weighted by Gasteiger charge is -2.06. The Morgan fingerprint density at radius 1 is 1.17 bits per heavy atom. The molecule has 0 aliphatic rings. The molecular formula is C15H13FO2. The average Bonchev–Trinajstić information content (AvgIpc) is 2.37. The number of ketones is 1. The van der Waals surface area contributed by atoms with Gasteiger partial charge in [-0.2, -0.15) is 0 Å². The third-order valence-corrected chi connectivity index (χ3v) is 2.54.